The van der Waals surface area contributed by atoms with Crippen LogP contribution in [-0.4, -0.2) is 17.2 Å². The van der Waals surface area contributed by atoms with Gasteiger partial charge in [-0.25, -0.2) is 4.98 Å². The summed E-state index contributed by atoms with van der Waals surface area (Å²) in [5, 5.41) is 9.11. The van der Waals surface area contributed by atoms with E-state index in [1.54, 1.807) is 37.6 Å². The lowest BCUT2D eigenvalue weighted by atomic mass is 10.1. The standard InChI is InChI=1S/C15H18N2O3/c1-10(16)12-5-6-17-15(8-12)20-13-4-3-11(9-18)7-14(13)19-2/h3-8,10,18H,9,16H2,1-2H3/t10-/m1/s1. The molecule has 5 heteroatoms. The molecule has 1 aromatic carbocycles. The molecule has 0 unspecified atom stereocenters. The molecule has 0 bridgehead atoms. The maximum atomic E-state index is 9.11. The number of hydrogen-bond donors (Lipinski definition) is 2. The molecule has 0 aliphatic rings. The predicted molar refractivity (Wildman–Crippen MR) is 75.8 cm³/mol. The average molecular weight is 274 g/mol. The van der Waals surface area contributed by atoms with Gasteiger partial charge in [-0.3, -0.25) is 0 Å². The van der Waals surface area contributed by atoms with E-state index in [1.165, 1.54) is 0 Å². The molecule has 0 aliphatic heterocycles. The van der Waals surface area contributed by atoms with E-state index in [1.807, 2.05) is 13.0 Å². The summed E-state index contributed by atoms with van der Waals surface area (Å²) in [6.07, 6.45) is 1.66. The lowest BCUT2D eigenvalue weighted by Gasteiger charge is -2.12. The van der Waals surface area contributed by atoms with Gasteiger partial charge in [0.15, 0.2) is 11.5 Å². The minimum atomic E-state index is -0.0842. The molecule has 1 atom stereocenters. The summed E-state index contributed by atoms with van der Waals surface area (Å²) in [6, 6.07) is 8.80. The van der Waals surface area contributed by atoms with Crippen LogP contribution in [0.5, 0.6) is 17.4 Å². The summed E-state index contributed by atoms with van der Waals surface area (Å²) in [5.74, 6) is 1.54. The second kappa shape index (κ2) is 6.36. The van der Waals surface area contributed by atoms with Gasteiger partial charge >= 0.3 is 0 Å². The highest BCUT2D eigenvalue weighted by molar-refractivity contribution is 5.44. The number of aromatic nitrogens is 1. The van der Waals surface area contributed by atoms with E-state index in [4.69, 9.17) is 20.3 Å². The van der Waals surface area contributed by atoms with Gasteiger partial charge in [0.2, 0.25) is 5.88 Å². The van der Waals surface area contributed by atoms with Gasteiger partial charge in [-0.05, 0) is 36.2 Å². The predicted octanol–water partition coefficient (Wildman–Crippen LogP) is 2.39. The Labute approximate surface area is 118 Å². The number of nitrogens with two attached hydrogens (primary N) is 1. The molecule has 3 N–H and O–H groups in total. The van der Waals surface area contributed by atoms with Crippen LogP contribution in [0.3, 0.4) is 0 Å². The fourth-order valence-corrected chi connectivity index (χ4v) is 1.77. The molecule has 0 aliphatic carbocycles. The Morgan fingerprint density at radius 3 is 2.70 bits per heavy atom. The van der Waals surface area contributed by atoms with Crippen LogP contribution < -0.4 is 15.2 Å². The molecule has 1 aromatic heterocycles. The molecule has 1 heterocycles. The molecule has 0 amide bonds. The van der Waals surface area contributed by atoms with Gasteiger partial charge in [-0.2, -0.15) is 0 Å². The number of aliphatic hydroxyl groups excluding tert-OH is 1. The molecule has 20 heavy (non-hydrogen) atoms. The molecule has 106 valence electrons. The maximum absolute atomic E-state index is 9.11. The van der Waals surface area contributed by atoms with Crippen LogP contribution in [0.1, 0.15) is 24.1 Å². The van der Waals surface area contributed by atoms with E-state index in [2.05, 4.69) is 4.98 Å². The molecule has 0 spiro atoms. The molecule has 2 rings (SSSR count). The SMILES string of the molecule is COc1cc(CO)ccc1Oc1cc([C@@H](C)N)ccn1. The molecular formula is C15H18N2O3. The number of rotatable bonds is 5. The first-order valence-electron chi connectivity index (χ1n) is 6.31. The third kappa shape index (κ3) is 3.26. The van der Waals surface area contributed by atoms with E-state index in [9.17, 15) is 0 Å². The monoisotopic (exact) mass is 274 g/mol. The highest BCUT2D eigenvalue weighted by Crippen LogP contribution is 2.32. The van der Waals surface area contributed by atoms with Crippen LogP contribution in [0, 0.1) is 0 Å². The van der Waals surface area contributed by atoms with Crippen LogP contribution in [-0.2, 0) is 6.61 Å². The lowest BCUT2D eigenvalue weighted by Crippen LogP contribution is -2.05. The topological polar surface area (TPSA) is 77.6 Å². The van der Waals surface area contributed by atoms with Crippen molar-refractivity contribution >= 4 is 0 Å². The molecular weight excluding hydrogens is 256 g/mol. The first-order valence-corrected chi connectivity index (χ1v) is 6.31. The van der Waals surface area contributed by atoms with Gasteiger partial charge in [-0.15, -0.1) is 0 Å². The van der Waals surface area contributed by atoms with Gasteiger partial charge < -0.3 is 20.3 Å². The van der Waals surface area contributed by atoms with E-state index in [0.717, 1.165) is 11.1 Å². The van der Waals surface area contributed by atoms with Gasteiger partial charge in [0, 0.05) is 18.3 Å². The van der Waals surface area contributed by atoms with Crippen molar-refractivity contribution in [3.8, 4) is 17.4 Å². The minimum absolute atomic E-state index is 0.0466. The van der Waals surface area contributed by atoms with Crippen molar-refractivity contribution in [2.45, 2.75) is 19.6 Å². The summed E-state index contributed by atoms with van der Waals surface area (Å²) in [7, 11) is 1.55. The number of methoxy groups -OCH3 is 1. The molecule has 0 saturated carbocycles. The zero-order valence-corrected chi connectivity index (χ0v) is 11.5. The highest BCUT2D eigenvalue weighted by Gasteiger charge is 2.09. The Morgan fingerprint density at radius 1 is 1.25 bits per heavy atom. The summed E-state index contributed by atoms with van der Waals surface area (Å²) in [6.45, 7) is 1.85. The largest absolute Gasteiger partial charge is 0.493 e. The number of benzene rings is 1. The second-order valence-electron chi connectivity index (χ2n) is 4.46. The third-order valence-electron chi connectivity index (χ3n) is 2.91. The van der Waals surface area contributed by atoms with Crippen LogP contribution in [0.15, 0.2) is 36.5 Å². The Morgan fingerprint density at radius 2 is 2.05 bits per heavy atom. The summed E-state index contributed by atoms with van der Waals surface area (Å²) >= 11 is 0. The second-order valence-corrected chi connectivity index (χ2v) is 4.46. The fraction of sp³-hybridized carbons (Fsp3) is 0.267. The Balaban J connectivity index is 2.27. The fourth-order valence-electron chi connectivity index (χ4n) is 1.77. The van der Waals surface area contributed by atoms with Crippen LogP contribution in [0.4, 0.5) is 0 Å². The van der Waals surface area contributed by atoms with E-state index in [-0.39, 0.29) is 12.6 Å². The van der Waals surface area contributed by atoms with Gasteiger partial charge in [0.25, 0.3) is 0 Å². The Kier molecular flexibility index (Phi) is 4.55. The van der Waals surface area contributed by atoms with Crippen LogP contribution >= 0.6 is 0 Å². The minimum Gasteiger partial charge on any atom is -0.493 e. The van der Waals surface area contributed by atoms with Gasteiger partial charge in [0.05, 0.1) is 13.7 Å². The number of aliphatic hydroxyl groups is 1. The van der Waals surface area contributed by atoms with Crippen molar-refractivity contribution in [3.05, 3.63) is 47.7 Å². The first-order chi connectivity index (χ1) is 9.63. The van der Waals surface area contributed by atoms with Crippen molar-refractivity contribution in [2.24, 2.45) is 5.73 Å². The van der Waals surface area contributed by atoms with Crippen LogP contribution in [0.2, 0.25) is 0 Å². The molecule has 5 nitrogen and oxygen atoms in total. The van der Waals surface area contributed by atoms with Crippen LogP contribution in [0.25, 0.3) is 0 Å². The molecule has 2 aromatic rings. The zero-order valence-electron chi connectivity index (χ0n) is 11.5. The maximum Gasteiger partial charge on any atom is 0.219 e. The number of ether oxygens (including phenoxy) is 2. The van der Waals surface area contributed by atoms with Crippen molar-refractivity contribution in [1.29, 1.82) is 0 Å². The van der Waals surface area contributed by atoms with Crippen molar-refractivity contribution < 1.29 is 14.6 Å². The zero-order chi connectivity index (χ0) is 14.5. The van der Waals surface area contributed by atoms with Crippen molar-refractivity contribution in [3.63, 3.8) is 0 Å². The first kappa shape index (κ1) is 14.3. The Bertz CT molecular complexity index is 585. The number of hydrogen-bond acceptors (Lipinski definition) is 5. The molecule has 0 radical (unpaired) electrons. The average Bonchev–Trinajstić information content (AvgIpc) is 2.48. The van der Waals surface area contributed by atoms with Crippen molar-refractivity contribution in [2.75, 3.05) is 7.11 Å². The molecule has 0 saturated heterocycles. The highest BCUT2D eigenvalue weighted by atomic mass is 16.5. The van der Waals surface area contributed by atoms with Gasteiger partial charge in [-0.1, -0.05) is 6.07 Å². The normalized spacial score (nSPS) is 12.0. The quantitative estimate of drug-likeness (QED) is 0.875. The number of pyridine rings is 1. The lowest BCUT2D eigenvalue weighted by molar-refractivity contribution is 0.280. The number of nitrogens with zero attached hydrogens (tertiary/aromatic N) is 1. The summed E-state index contributed by atoms with van der Waals surface area (Å²) < 4.78 is 11.0. The summed E-state index contributed by atoms with van der Waals surface area (Å²) in [4.78, 5) is 4.15. The van der Waals surface area contributed by atoms with Gasteiger partial charge in [0.1, 0.15) is 0 Å². The Hall–Kier alpha value is -2.11. The summed E-state index contributed by atoms with van der Waals surface area (Å²) in [5.41, 5.74) is 7.54. The third-order valence-corrected chi connectivity index (χ3v) is 2.91. The van der Waals surface area contributed by atoms with Crippen molar-refractivity contribution in [1.82, 2.24) is 4.98 Å². The smallest absolute Gasteiger partial charge is 0.219 e. The van der Waals surface area contributed by atoms with E-state index < -0.39 is 0 Å². The van der Waals surface area contributed by atoms with E-state index >= 15 is 0 Å². The van der Waals surface area contributed by atoms with E-state index in [0.29, 0.717) is 17.4 Å². The molecule has 0 fully saturated rings.